The molecule has 1 unspecified atom stereocenters. The van der Waals surface area contributed by atoms with E-state index in [4.69, 9.17) is 9.47 Å². The maximum Gasteiger partial charge on any atom is 0.308 e. The standard InChI is InChI=1S/C24H30O3/c1-17-14-23(3,4)16-24(15-17,19-6-10-21(26-5)11-7-19)20-8-12-22(13-9-20)27-18(2)25/h6-13,17H,14-16H2,1-5H3/t17?,24-/m0/s1. The van der Waals surface area contributed by atoms with Crippen LogP contribution in [-0.4, -0.2) is 13.1 Å². The molecule has 0 aromatic heterocycles. The van der Waals surface area contributed by atoms with Crippen molar-refractivity contribution in [3.63, 3.8) is 0 Å². The van der Waals surface area contributed by atoms with Crippen LogP contribution in [0.2, 0.25) is 0 Å². The van der Waals surface area contributed by atoms with Gasteiger partial charge in [-0.05, 0) is 66.0 Å². The first-order valence-corrected chi connectivity index (χ1v) is 9.68. The summed E-state index contributed by atoms with van der Waals surface area (Å²) in [5.74, 6) is 1.81. The van der Waals surface area contributed by atoms with E-state index >= 15 is 0 Å². The molecule has 2 aromatic carbocycles. The normalized spacial score (nSPS) is 24.3. The second kappa shape index (κ2) is 7.38. The van der Waals surface area contributed by atoms with Crippen molar-refractivity contribution in [3.05, 3.63) is 59.7 Å². The average molecular weight is 367 g/mol. The highest BCUT2D eigenvalue weighted by Crippen LogP contribution is 2.53. The molecule has 0 spiro atoms. The third-order valence-electron chi connectivity index (χ3n) is 5.69. The maximum atomic E-state index is 11.2. The van der Waals surface area contributed by atoms with E-state index in [2.05, 4.69) is 57.2 Å². The number of methoxy groups -OCH3 is 1. The van der Waals surface area contributed by atoms with Gasteiger partial charge in [-0.15, -0.1) is 0 Å². The summed E-state index contributed by atoms with van der Waals surface area (Å²) in [5.41, 5.74) is 2.81. The minimum Gasteiger partial charge on any atom is -0.497 e. The van der Waals surface area contributed by atoms with Crippen LogP contribution in [0.4, 0.5) is 0 Å². The Balaban J connectivity index is 2.08. The zero-order valence-electron chi connectivity index (χ0n) is 17.0. The predicted molar refractivity (Wildman–Crippen MR) is 108 cm³/mol. The first-order valence-electron chi connectivity index (χ1n) is 9.68. The smallest absolute Gasteiger partial charge is 0.308 e. The van der Waals surface area contributed by atoms with Crippen molar-refractivity contribution in [1.29, 1.82) is 0 Å². The molecule has 0 aliphatic heterocycles. The van der Waals surface area contributed by atoms with Gasteiger partial charge in [0, 0.05) is 12.3 Å². The summed E-state index contributed by atoms with van der Waals surface area (Å²) in [5, 5.41) is 0. The lowest BCUT2D eigenvalue weighted by Crippen LogP contribution is -2.41. The summed E-state index contributed by atoms with van der Waals surface area (Å²) < 4.78 is 10.6. The molecular weight excluding hydrogens is 336 g/mol. The zero-order valence-corrected chi connectivity index (χ0v) is 17.0. The Hall–Kier alpha value is -2.29. The number of hydrogen-bond acceptors (Lipinski definition) is 3. The Morgan fingerprint density at radius 2 is 1.44 bits per heavy atom. The van der Waals surface area contributed by atoms with Gasteiger partial charge in [-0.25, -0.2) is 0 Å². The number of hydrogen-bond donors (Lipinski definition) is 0. The summed E-state index contributed by atoms with van der Waals surface area (Å²) in [6.07, 6.45) is 3.43. The lowest BCUT2D eigenvalue weighted by molar-refractivity contribution is -0.131. The van der Waals surface area contributed by atoms with Crippen LogP contribution in [0.25, 0.3) is 0 Å². The molecule has 2 aromatic rings. The SMILES string of the molecule is COc1ccc([C@]2(c3ccc(OC(C)=O)cc3)CC(C)CC(C)(C)C2)cc1. The first kappa shape index (κ1) is 19.5. The zero-order chi connectivity index (χ0) is 19.7. The number of esters is 1. The van der Waals surface area contributed by atoms with Crippen LogP contribution in [0, 0.1) is 11.3 Å². The third-order valence-corrected chi connectivity index (χ3v) is 5.69. The van der Waals surface area contributed by atoms with Crippen molar-refractivity contribution in [2.75, 3.05) is 7.11 Å². The van der Waals surface area contributed by atoms with Gasteiger partial charge in [-0.2, -0.15) is 0 Å². The van der Waals surface area contributed by atoms with Crippen molar-refractivity contribution >= 4 is 5.97 Å². The second-order valence-corrected chi connectivity index (χ2v) is 8.78. The van der Waals surface area contributed by atoms with Crippen LogP contribution in [0.3, 0.4) is 0 Å². The van der Waals surface area contributed by atoms with Crippen LogP contribution >= 0.6 is 0 Å². The summed E-state index contributed by atoms with van der Waals surface area (Å²) in [6.45, 7) is 8.52. The summed E-state index contributed by atoms with van der Waals surface area (Å²) >= 11 is 0. The number of carbonyl (C=O) groups excluding carboxylic acids is 1. The van der Waals surface area contributed by atoms with Crippen LogP contribution < -0.4 is 9.47 Å². The summed E-state index contributed by atoms with van der Waals surface area (Å²) in [4.78, 5) is 11.2. The molecule has 0 amide bonds. The molecule has 3 rings (SSSR count). The first-order chi connectivity index (χ1) is 12.7. The monoisotopic (exact) mass is 366 g/mol. The molecule has 2 atom stereocenters. The molecule has 0 radical (unpaired) electrons. The minimum atomic E-state index is -0.292. The van der Waals surface area contributed by atoms with Crippen molar-refractivity contribution in [3.8, 4) is 11.5 Å². The number of carbonyl (C=O) groups is 1. The molecule has 0 bridgehead atoms. The Kier molecular flexibility index (Phi) is 5.32. The highest BCUT2D eigenvalue weighted by Gasteiger charge is 2.45. The fraction of sp³-hybridized carbons (Fsp3) is 0.458. The maximum absolute atomic E-state index is 11.2. The van der Waals surface area contributed by atoms with Crippen molar-refractivity contribution in [2.45, 2.75) is 52.4 Å². The molecule has 3 heteroatoms. The summed E-state index contributed by atoms with van der Waals surface area (Å²) in [7, 11) is 1.70. The van der Waals surface area contributed by atoms with Gasteiger partial charge in [0.05, 0.1) is 7.11 Å². The van der Waals surface area contributed by atoms with Crippen molar-refractivity contribution in [1.82, 2.24) is 0 Å². The second-order valence-electron chi connectivity index (χ2n) is 8.78. The number of benzene rings is 2. The van der Waals surface area contributed by atoms with Crippen LogP contribution in [0.15, 0.2) is 48.5 Å². The van der Waals surface area contributed by atoms with Crippen molar-refractivity contribution < 1.29 is 14.3 Å². The quantitative estimate of drug-likeness (QED) is 0.510. The molecular formula is C24H30O3. The largest absolute Gasteiger partial charge is 0.497 e. The molecule has 1 aliphatic carbocycles. The predicted octanol–water partition coefficient (Wildman–Crippen LogP) is 5.75. The minimum absolute atomic E-state index is 0.0534. The molecule has 27 heavy (non-hydrogen) atoms. The van der Waals surface area contributed by atoms with Gasteiger partial charge in [-0.3, -0.25) is 4.79 Å². The Bertz CT molecular complexity index is 789. The van der Waals surface area contributed by atoms with Crippen molar-refractivity contribution in [2.24, 2.45) is 11.3 Å². The Labute approximate surface area is 162 Å². The van der Waals surface area contributed by atoms with E-state index in [-0.39, 0.29) is 16.8 Å². The van der Waals surface area contributed by atoms with E-state index in [9.17, 15) is 4.79 Å². The fourth-order valence-corrected chi connectivity index (χ4v) is 5.10. The Morgan fingerprint density at radius 3 is 1.89 bits per heavy atom. The lowest BCUT2D eigenvalue weighted by atomic mass is 9.55. The lowest BCUT2D eigenvalue weighted by Gasteiger charge is -2.48. The average Bonchev–Trinajstić information content (AvgIpc) is 2.60. The van der Waals surface area contributed by atoms with Crippen LogP contribution in [0.5, 0.6) is 11.5 Å². The fourth-order valence-electron chi connectivity index (χ4n) is 5.10. The van der Waals surface area contributed by atoms with Gasteiger partial charge in [0.1, 0.15) is 11.5 Å². The van der Waals surface area contributed by atoms with Crippen LogP contribution in [0.1, 0.15) is 58.1 Å². The number of rotatable bonds is 4. The number of ether oxygens (including phenoxy) is 2. The van der Waals surface area contributed by atoms with Gasteiger partial charge < -0.3 is 9.47 Å². The van der Waals surface area contributed by atoms with E-state index < -0.39 is 0 Å². The highest BCUT2D eigenvalue weighted by atomic mass is 16.5. The van der Waals surface area contributed by atoms with Gasteiger partial charge in [-0.1, -0.05) is 45.0 Å². The molecule has 1 aliphatic rings. The molecule has 0 N–H and O–H groups in total. The van der Waals surface area contributed by atoms with Gasteiger partial charge in [0.25, 0.3) is 0 Å². The summed E-state index contributed by atoms with van der Waals surface area (Å²) in [6, 6.07) is 16.6. The van der Waals surface area contributed by atoms with E-state index in [1.54, 1.807) is 7.11 Å². The van der Waals surface area contributed by atoms with Crippen LogP contribution in [-0.2, 0) is 10.2 Å². The third kappa shape index (κ3) is 4.18. The van der Waals surface area contributed by atoms with Gasteiger partial charge in [0.15, 0.2) is 0 Å². The van der Waals surface area contributed by atoms with E-state index in [0.29, 0.717) is 11.7 Å². The van der Waals surface area contributed by atoms with E-state index in [1.165, 1.54) is 24.5 Å². The van der Waals surface area contributed by atoms with Gasteiger partial charge in [0.2, 0.25) is 0 Å². The molecule has 1 fully saturated rings. The highest BCUT2D eigenvalue weighted by molar-refractivity contribution is 5.69. The molecule has 3 nitrogen and oxygen atoms in total. The molecule has 0 heterocycles. The van der Waals surface area contributed by atoms with Gasteiger partial charge >= 0.3 is 5.97 Å². The topological polar surface area (TPSA) is 35.5 Å². The van der Waals surface area contributed by atoms with E-state index in [1.807, 2.05) is 12.1 Å². The molecule has 144 valence electrons. The Morgan fingerprint density at radius 1 is 0.926 bits per heavy atom. The molecule has 1 saturated carbocycles. The van der Waals surface area contributed by atoms with E-state index in [0.717, 1.165) is 18.6 Å². The molecule has 0 saturated heterocycles.